The lowest BCUT2D eigenvalue weighted by Crippen LogP contribution is -2.27. The molecule has 0 N–H and O–H groups in total. The molecule has 0 unspecified atom stereocenters. The molecule has 0 aromatic heterocycles. The van der Waals surface area contributed by atoms with Gasteiger partial charge in [0.05, 0.1) is 19.1 Å². The largest absolute Gasteiger partial charge is 0.494 e. The highest BCUT2D eigenvalue weighted by molar-refractivity contribution is 6.30. The lowest BCUT2D eigenvalue weighted by Gasteiger charge is -2.21. The predicted octanol–water partition coefficient (Wildman–Crippen LogP) is 5.10. The van der Waals surface area contributed by atoms with Gasteiger partial charge in [-0.1, -0.05) is 11.6 Å². The van der Waals surface area contributed by atoms with E-state index in [0.717, 1.165) is 5.75 Å². The maximum atomic E-state index is 11.6. The molecule has 0 fully saturated rings. The first kappa shape index (κ1) is 18.1. The van der Waals surface area contributed by atoms with Crippen LogP contribution in [0.2, 0.25) is 5.02 Å². The van der Waals surface area contributed by atoms with Gasteiger partial charge in [-0.3, -0.25) is 4.79 Å². The van der Waals surface area contributed by atoms with Crippen LogP contribution in [0.3, 0.4) is 0 Å². The quantitative estimate of drug-likeness (QED) is 0.653. The van der Waals surface area contributed by atoms with E-state index >= 15 is 0 Å². The zero-order chi connectivity index (χ0) is 17.6. The van der Waals surface area contributed by atoms with Crippen molar-refractivity contribution in [2.45, 2.75) is 20.3 Å². The lowest BCUT2D eigenvalue weighted by molar-refractivity contribution is -0.151. The van der Waals surface area contributed by atoms with Crippen molar-refractivity contribution in [3.05, 3.63) is 53.6 Å². The average molecular weight is 349 g/mol. The van der Waals surface area contributed by atoms with Gasteiger partial charge in [0.15, 0.2) is 0 Å². The monoisotopic (exact) mass is 348 g/mol. The van der Waals surface area contributed by atoms with Gasteiger partial charge in [-0.25, -0.2) is 0 Å². The fraction of sp³-hybridized carbons (Fsp3) is 0.316. The summed E-state index contributed by atoms with van der Waals surface area (Å²) in [6.07, 6.45) is 0.572. The lowest BCUT2D eigenvalue weighted by atomic mass is 9.90. The van der Waals surface area contributed by atoms with Crippen molar-refractivity contribution in [2.24, 2.45) is 5.41 Å². The van der Waals surface area contributed by atoms with Crippen molar-refractivity contribution in [2.75, 3.05) is 13.7 Å². The fourth-order valence-electron chi connectivity index (χ4n) is 2.05. The van der Waals surface area contributed by atoms with Crippen molar-refractivity contribution >= 4 is 17.6 Å². The molecule has 0 radical (unpaired) electrons. The van der Waals surface area contributed by atoms with E-state index in [1.807, 2.05) is 50.2 Å². The smallest absolute Gasteiger partial charge is 0.311 e. The number of carbonyl (C=O) groups is 1. The van der Waals surface area contributed by atoms with Crippen LogP contribution in [0.25, 0.3) is 0 Å². The van der Waals surface area contributed by atoms with E-state index in [2.05, 4.69) is 0 Å². The molecule has 0 amide bonds. The third kappa shape index (κ3) is 5.17. The third-order valence-electron chi connectivity index (χ3n) is 3.61. The molecule has 0 bridgehead atoms. The Morgan fingerprint density at radius 2 is 1.46 bits per heavy atom. The first-order valence-electron chi connectivity index (χ1n) is 7.65. The van der Waals surface area contributed by atoms with Crippen LogP contribution in [0.15, 0.2) is 48.5 Å². The molecular weight excluding hydrogens is 328 g/mol. The second kappa shape index (κ2) is 8.06. The van der Waals surface area contributed by atoms with E-state index in [1.54, 1.807) is 12.1 Å². The van der Waals surface area contributed by atoms with Gasteiger partial charge in [-0.15, -0.1) is 0 Å². The second-order valence-corrected chi connectivity index (χ2v) is 6.44. The second-order valence-electron chi connectivity index (χ2n) is 6.00. The normalized spacial score (nSPS) is 11.0. The van der Waals surface area contributed by atoms with Crippen LogP contribution >= 0.6 is 11.6 Å². The van der Waals surface area contributed by atoms with Gasteiger partial charge in [0.2, 0.25) is 0 Å². The summed E-state index contributed by atoms with van der Waals surface area (Å²) in [5.41, 5.74) is -0.563. The summed E-state index contributed by atoms with van der Waals surface area (Å²) in [5, 5.41) is 0.668. The summed E-state index contributed by atoms with van der Waals surface area (Å²) in [6, 6.07) is 14.5. The minimum Gasteiger partial charge on any atom is -0.494 e. The standard InChI is InChI=1S/C19H21ClO4/c1-19(2,18(21)22-3)12-13-23-15-8-10-17(11-9-15)24-16-6-4-14(20)5-7-16/h4-11H,12-13H2,1-3H3. The molecule has 0 saturated heterocycles. The number of methoxy groups -OCH3 is 1. The molecule has 0 aliphatic carbocycles. The summed E-state index contributed by atoms with van der Waals surface area (Å²) in [7, 11) is 1.39. The third-order valence-corrected chi connectivity index (χ3v) is 3.86. The Morgan fingerprint density at radius 1 is 0.958 bits per heavy atom. The number of ether oxygens (including phenoxy) is 3. The van der Waals surface area contributed by atoms with Crippen molar-refractivity contribution in [1.29, 1.82) is 0 Å². The number of esters is 1. The van der Waals surface area contributed by atoms with Crippen LogP contribution in [-0.2, 0) is 9.53 Å². The summed E-state index contributed by atoms with van der Waals surface area (Å²) in [5.74, 6) is 1.91. The Hall–Kier alpha value is -2.20. The predicted molar refractivity (Wildman–Crippen MR) is 93.9 cm³/mol. The molecule has 24 heavy (non-hydrogen) atoms. The van der Waals surface area contributed by atoms with E-state index in [9.17, 15) is 4.79 Å². The maximum Gasteiger partial charge on any atom is 0.311 e. The van der Waals surface area contributed by atoms with Gasteiger partial charge in [-0.2, -0.15) is 0 Å². The van der Waals surface area contributed by atoms with Crippen molar-refractivity contribution in [3.8, 4) is 17.2 Å². The average Bonchev–Trinajstić information content (AvgIpc) is 2.57. The Kier molecular flexibility index (Phi) is 6.10. The van der Waals surface area contributed by atoms with Crippen molar-refractivity contribution < 1.29 is 19.0 Å². The van der Waals surface area contributed by atoms with Gasteiger partial charge in [-0.05, 0) is 68.8 Å². The molecule has 0 saturated carbocycles. The molecule has 2 rings (SSSR count). The molecular formula is C19H21ClO4. The molecule has 0 spiro atoms. The maximum absolute atomic E-state index is 11.6. The van der Waals surface area contributed by atoms with Crippen LogP contribution in [0, 0.1) is 5.41 Å². The van der Waals surface area contributed by atoms with E-state index in [4.69, 9.17) is 25.8 Å². The minimum atomic E-state index is -0.563. The number of hydrogen-bond acceptors (Lipinski definition) is 4. The van der Waals surface area contributed by atoms with Crippen molar-refractivity contribution in [3.63, 3.8) is 0 Å². The topological polar surface area (TPSA) is 44.8 Å². The number of carbonyl (C=O) groups excluding carboxylic acids is 1. The van der Waals surface area contributed by atoms with E-state index < -0.39 is 5.41 Å². The van der Waals surface area contributed by atoms with Gasteiger partial charge >= 0.3 is 5.97 Å². The molecule has 0 atom stereocenters. The number of halogens is 1. The van der Waals surface area contributed by atoms with Gasteiger partial charge in [0.25, 0.3) is 0 Å². The summed E-state index contributed by atoms with van der Waals surface area (Å²) in [4.78, 5) is 11.6. The highest BCUT2D eigenvalue weighted by Gasteiger charge is 2.28. The zero-order valence-corrected chi connectivity index (χ0v) is 14.8. The Balaban J connectivity index is 1.86. The first-order chi connectivity index (χ1) is 11.4. The Bertz CT molecular complexity index is 663. The molecule has 0 aliphatic heterocycles. The summed E-state index contributed by atoms with van der Waals surface area (Å²) < 4.78 is 16.2. The highest BCUT2D eigenvalue weighted by atomic mass is 35.5. The minimum absolute atomic E-state index is 0.238. The van der Waals surface area contributed by atoms with Crippen LogP contribution in [0.5, 0.6) is 17.2 Å². The van der Waals surface area contributed by atoms with Gasteiger partial charge in [0, 0.05) is 5.02 Å². The Morgan fingerprint density at radius 3 is 2.00 bits per heavy atom. The molecule has 2 aromatic carbocycles. The SMILES string of the molecule is COC(=O)C(C)(C)CCOc1ccc(Oc2ccc(Cl)cc2)cc1. The van der Waals surface area contributed by atoms with E-state index in [1.165, 1.54) is 7.11 Å². The molecule has 4 nitrogen and oxygen atoms in total. The highest BCUT2D eigenvalue weighted by Crippen LogP contribution is 2.26. The van der Waals surface area contributed by atoms with Crippen LogP contribution in [0.4, 0.5) is 0 Å². The van der Waals surface area contributed by atoms with Crippen LogP contribution < -0.4 is 9.47 Å². The molecule has 2 aromatic rings. The molecule has 128 valence electrons. The van der Waals surface area contributed by atoms with Gasteiger partial charge in [0.1, 0.15) is 17.2 Å². The number of rotatable bonds is 7. The summed E-state index contributed by atoms with van der Waals surface area (Å²) in [6.45, 7) is 4.11. The Labute approximate surface area is 147 Å². The molecule has 0 aliphatic rings. The molecule has 0 heterocycles. The van der Waals surface area contributed by atoms with E-state index in [-0.39, 0.29) is 5.97 Å². The summed E-state index contributed by atoms with van der Waals surface area (Å²) >= 11 is 5.84. The number of hydrogen-bond donors (Lipinski definition) is 0. The number of benzene rings is 2. The van der Waals surface area contributed by atoms with Crippen LogP contribution in [0.1, 0.15) is 20.3 Å². The molecule has 5 heteroatoms. The first-order valence-corrected chi connectivity index (χ1v) is 8.03. The van der Waals surface area contributed by atoms with Crippen molar-refractivity contribution in [1.82, 2.24) is 0 Å². The fourth-order valence-corrected chi connectivity index (χ4v) is 2.17. The zero-order valence-electron chi connectivity index (χ0n) is 14.0. The van der Waals surface area contributed by atoms with Gasteiger partial charge < -0.3 is 14.2 Å². The van der Waals surface area contributed by atoms with Crippen LogP contribution in [-0.4, -0.2) is 19.7 Å². The van der Waals surface area contributed by atoms with E-state index in [0.29, 0.717) is 29.5 Å².